The van der Waals surface area contributed by atoms with Crippen molar-refractivity contribution in [2.24, 2.45) is 11.7 Å². The molecule has 7 nitrogen and oxygen atoms in total. The fourth-order valence-corrected chi connectivity index (χ4v) is 4.18. The fourth-order valence-electron chi connectivity index (χ4n) is 4.18. The number of para-hydroxylation sites is 1. The smallest absolute Gasteiger partial charge is 0.282 e. The highest BCUT2D eigenvalue weighted by molar-refractivity contribution is 6.08. The van der Waals surface area contributed by atoms with Crippen LogP contribution in [0.25, 0.3) is 21.9 Å². The lowest BCUT2D eigenvalue weighted by molar-refractivity contribution is -0.921. The number of ether oxygens (including phenoxy) is 1. The first-order valence-electron chi connectivity index (χ1n) is 9.92. The van der Waals surface area contributed by atoms with Gasteiger partial charge in [-0.25, -0.2) is 0 Å². The second kappa shape index (κ2) is 7.75. The summed E-state index contributed by atoms with van der Waals surface area (Å²) in [6.45, 7) is 3.31. The van der Waals surface area contributed by atoms with E-state index < -0.39 is 0 Å². The number of likely N-dealkylation sites (tertiary alicyclic amines) is 1. The number of nitrogens with one attached hydrogen (secondary N) is 2. The molecule has 1 fully saturated rings. The number of methoxy groups -OCH3 is 1. The van der Waals surface area contributed by atoms with Gasteiger partial charge in [-0.2, -0.15) is 0 Å². The number of benzene rings is 2. The van der Waals surface area contributed by atoms with E-state index in [2.05, 4.69) is 5.32 Å². The lowest BCUT2D eigenvalue weighted by Gasteiger charge is -2.32. The van der Waals surface area contributed by atoms with Gasteiger partial charge in [-0.05, 0) is 31.9 Å². The fraction of sp³-hybridized carbons (Fsp3) is 0.364. The molecule has 4 N–H and O–H groups in total. The predicted octanol–water partition coefficient (Wildman–Crippen LogP) is 1.70. The summed E-state index contributed by atoms with van der Waals surface area (Å²) in [7, 11) is 1.58. The number of hydrogen-bond acceptors (Lipinski definition) is 4. The topological polar surface area (TPSA) is 99.0 Å². The number of rotatable bonds is 5. The number of carbonyl (C=O) groups is 2. The van der Waals surface area contributed by atoms with Gasteiger partial charge in [0.1, 0.15) is 16.9 Å². The number of quaternary nitrogens is 1. The molecule has 1 saturated heterocycles. The van der Waals surface area contributed by atoms with Crippen molar-refractivity contribution in [2.45, 2.75) is 25.8 Å². The molecular formula is C22H26N3O4+. The van der Waals surface area contributed by atoms with Crippen LogP contribution < -0.4 is 20.7 Å². The van der Waals surface area contributed by atoms with Crippen LogP contribution in [-0.4, -0.2) is 38.1 Å². The third kappa shape index (κ3) is 3.65. The summed E-state index contributed by atoms with van der Waals surface area (Å²) < 4.78 is 11.4. The van der Waals surface area contributed by atoms with E-state index in [9.17, 15) is 9.59 Å². The second-order valence-electron chi connectivity index (χ2n) is 7.71. The Kier molecular flexibility index (Phi) is 5.15. The summed E-state index contributed by atoms with van der Waals surface area (Å²) in [6.07, 6.45) is 1.68. The van der Waals surface area contributed by atoms with Gasteiger partial charge in [-0.15, -0.1) is 0 Å². The first-order valence-corrected chi connectivity index (χ1v) is 9.92. The minimum Gasteiger partial charge on any atom is -0.495 e. The van der Waals surface area contributed by atoms with E-state index in [1.807, 2.05) is 37.3 Å². The number of nitrogens with two attached hydrogens (primary N) is 1. The molecule has 7 heteroatoms. The van der Waals surface area contributed by atoms with Gasteiger partial charge >= 0.3 is 0 Å². The number of carbonyl (C=O) groups excluding carboxylic acids is 2. The Balaban J connectivity index is 1.58. The molecular weight excluding hydrogens is 370 g/mol. The molecule has 1 aromatic heterocycles. The summed E-state index contributed by atoms with van der Waals surface area (Å²) >= 11 is 0. The maximum atomic E-state index is 12.9. The summed E-state index contributed by atoms with van der Waals surface area (Å²) in [5.41, 5.74) is 7.52. The van der Waals surface area contributed by atoms with Crippen molar-refractivity contribution in [3.63, 3.8) is 0 Å². The van der Waals surface area contributed by atoms with Crippen LogP contribution in [0.2, 0.25) is 0 Å². The Bertz CT molecular complexity index is 1070. The van der Waals surface area contributed by atoms with Gasteiger partial charge in [0, 0.05) is 16.8 Å². The summed E-state index contributed by atoms with van der Waals surface area (Å²) in [5, 5.41) is 4.92. The number of hydrogen-bond donors (Lipinski definition) is 3. The molecule has 3 aromatic rings. The number of primary amides is 1. The largest absolute Gasteiger partial charge is 0.495 e. The molecule has 2 amide bonds. The quantitative estimate of drug-likeness (QED) is 0.611. The zero-order chi connectivity index (χ0) is 20.5. The zero-order valence-electron chi connectivity index (χ0n) is 16.7. The number of fused-ring (bicyclic) bond motifs is 3. The van der Waals surface area contributed by atoms with E-state index >= 15 is 0 Å². The maximum absolute atomic E-state index is 12.9. The van der Waals surface area contributed by atoms with Gasteiger partial charge in [0.25, 0.3) is 5.91 Å². The first-order chi connectivity index (χ1) is 14.0. The predicted molar refractivity (Wildman–Crippen MR) is 111 cm³/mol. The molecule has 1 unspecified atom stereocenters. The molecule has 0 spiro atoms. The molecule has 4 rings (SSSR count). The molecule has 2 aromatic carbocycles. The van der Waals surface area contributed by atoms with E-state index in [4.69, 9.17) is 14.9 Å². The van der Waals surface area contributed by atoms with Crippen molar-refractivity contribution in [3.8, 4) is 5.75 Å². The molecule has 0 bridgehead atoms. The molecule has 3 atom stereocenters. The highest BCUT2D eigenvalue weighted by atomic mass is 16.5. The second-order valence-corrected chi connectivity index (χ2v) is 7.71. The minimum atomic E-state index is -0.312. The molecule has 152 valence electrons. The molecule has 0 aliphatic carbocycles. The van der Waals surface area contributed by atoms with Crippen molar-refractivity contribution in [2.75, 3.05) is 25.5 Å². The molecule has 2 heterocycles. The highest BCUT2D eigenvalue weighted by Crippen LogP contribution is 2.36. The van der Waals surface area contributed by atoms with Gasteiger partial charge < -0.3 is 25.1 Å². The van der Waals surface area contributed by atoms with Crippen molar-refractivity contribution in [1.82, 2.24) is 0 Å². The van der Waals surface area contributed by atoms with Gasteiger partial charge in [-0.3, -0.25) is 9.59 Å². The summed E-state index contributed by atoms with van der Waals surface area (Å²) in [6, 6.07) is 11.2. The van der Waals surface area contributed by atoms with E-state index in [0.717, 1.165) is 40.6 Å². The van der Waals surface area contributed by atoms with Crippen molar-refractivity contribution < 1.29 is 23.6 Å². The Morgan fingerprint density at radius 3 is 2.79 bits per heavy atom. The van der Waals surface area contributed by atoms with Crippen LogP contribution in [0, 0.1) is 5.92 Å². The number of amides is 2. The van der Waals surface area contributed by atoms with Crippen LogP contribution >= 0.6 is 0 Å². The Morgan fingerprint density at radius 2 is 2.03 bits per heavy atom. The molecule has 0 saturated carbocycles. The van der Waals surface area contributed by atoms with Crippen LogP contribution in [0.3, 0.4) is 0 Å². The van der Waals surface area contributed by atoms with E-state index in [0.29, 0.717) is 23.6 Å². The minimum absolute atomic E-state index is 0.126. The van der Waals surface area contributed by atoms with Crippen molar-refractivity contribution >= 4 is 39.4 Å². The van der Waals surface area contributed by atoms with E-state index in [-0.39, 0.29) is 23.8 Å². The third-order valence-corrected chi connectivity index (χ3v) is 5.92. The van der Waals surface area contributed by atoms with Gasteiger partial charge in [0.05, 0.1) is 31.8 Å². The van der Waals surface area contributed by atoms with Crippen LogP contribution in [0.15, 0.2) is 40.8 Å². The van der Waals surface area contributed by atoms with Gasteiger partial charge in [0.2, 0.25) is 5.91 Å². The molecule has 0 radical (unpaired) electrons. The van der Waals surface area contributed by atoms with Gasteiger partial charge in [-0.1, -0.05) is 18.2 Å². The first kappa shape index (κ1) is 19.3. The maximum Gasteiger partial charge on any atom is 0.282 e. The van der Waals surface area contributed by atoms with Crippen LogP contribution in [-0.2, 0) is 9.59 Å². The number of piperidine rings is 1. The lowest BCUT2D eigenvalue weighted by atomic mass is 9.96. The van der Waals surface area contributed by atoms with Crippen LogP contribution in [0.4, 0.5) is 5.69 Å². The Hall–Kier alpha value is -3.06. The summed E-state index contributed by atoms with van der Waals surface area (Å²) in [4.78, 5) is 25.5. The van der Waals surface area contributed by atoms with Gasteiger partial charge in [0.15, 0.2) is 6.04 Å². The van der Waals surface area contributed by atoms with E-state index in [1.165, 1.54) is 0 Å². The average molecular weight is 396 g/mol. The monoisotopic (exact) mass is 396 g/mol. The molecule has 1 aliphatic rings. The Morgan fingerprint density at radius 1 is 1.24 bits per heavy atom. The van der Waals surface area contributed by atoms with Crippen LogP contribution in [0.1, 0.15) is 19.8 Å². The SMILES string of the molecule is COc1cc2c(cc1NC(=O)[C@H](C)[NH+]1CCC[C@H](C(N)=O)C1)oc1ccccc12. The zero-order valence-corrected chi connectivity index (χ0v) is 16.7. The van der Waals surface area contributed by atoms with Crippen molar-refractivity contribution in [3.05, 3.63) is 36.4 Å². The summed E-state index contributed by atoms with van der Waals surface area (Å²) in [5.74, 6) is -0.00519. The Labute approximate surface area is 168 Å². The number of anilines is 1. The highest BCUT2D eigenvalue weighted by Gasteiger charge is 2.33. The van der Waals surface area contributed by atoms with Crippen LogP contribution in [0.5, 0.6) is 5.75 Å². The third-order valence-electron chi connectivity index (χ3n) is 5.92. The normalized spacial score (nSPS) is 20.5. The van der Waals surface area contributed by atoms with E-state index in [1.54, 1.807) is 13.2 Å². The van der Waals surface area contributed by atoms with Crippen molar-refractivity contribution in [1.29, 1.82) is 0 Å². The lowest BCUT2D eigenvalue weighted by Crippen LogP contribution is -3.18. The average Bonchev–Trinajstić information content (AvgIpc) is 3.09. The standard InChI is InChI=1S/C22H25N3O4/c1-13(25-9-5-6-14(12-25)21(23)26)22(27)24-17-11-19-16(10-20(17)28-2)15-7-3-4-8-18(15)29-19/h3-4,7-8,10-11,13-14H,5-6,9,12H2,1-2H3,(H2,23,26)(H,24,27)/p+1/t13-,14-/m0/s1. The number of furan rings is 1. The molecule has 1 aliphatic heterocycles. The molecule has 29 heavy (non-hydrogen) atoms.